The third kappa shape index (κ3) is 3.51. The van der Waals surface area contributed by atoms with Crippen LogP contribution in [-0.4, -0.2) is 13.1 Å². The minimum atomic E-state index is 0. The second-order valence-corrected chi connectivity index (χ2v) is 6.46. The van der Waals surface area contributed by atoms with E-state index >= 15 is 0 Å². The van der Waals surface area contributed by atoms with E-state index in [1.165, 1.54) is 16.3 Å². The van der Waals surface area contributed by atoms with E-state index in [-0.39, 0.29) is 18.5 Å². The van der Waals surface area contributed by atoms with Crippen molar-refractivity contribution in [1.82, 2.24) is 5.32 Å². The van der Waals surface area contributed by atoms with E-state index in [1.54, 1.807) is 0 Å². The molecule has 1 fully saturated rings. The largest absolute Gasteiger partial charge is 0.485 e. The van der Waals surface area contributed by atoms with Crippen LogP contribution in [0.15, 0.2) is 66.7 Å². The molecule has 4 rings (SSSR count). The van der Waals surface area contributed by atoms with E-state index in [9.17, 15) is 0 Å². The highest BCUT2D eigenvalue weighted by Gasteiger charge is 2.30. The number of fused-ring (bicyclic) bond motifs is 1. The fourth-order valence-corrected chi connectivity index (χ4v) is 3.21. The van der Waals surface area contributed by atoms with E-state index in [1.807, 2.05) is 24.3 Å². The number of hydrogen-bond donors (Lipinski definition) is 1. The lowest BCUT2D eigenvalue weighted by atomic mass is 9.89. The van der Waals surface area contributed by atoms with Gasteiger partial charge in [0, 0.05) is 24.0 Å². The Hall–Kier alpha value is -1.74. The predicted octanol–water partition coefficient (Wildman–Crippen LogP) is 5.25. The van der Waals surface area contributed by atoms with E-state index in [4.69, 9.17) is 16.3 Å². The second kappa shape index (κ2) is 7.43. The van der Waals surface area contributed by atoms with Crippen LogP contribution < -0.4 is 10.1 Å². The molecular weight excluding hydrogens is 341 g/mol. The van der Waals surface area contributed by atoms with Crippen LogP contribution in [0.3, 0.4) is 0 Å². The van der Waals surface area contributed by atoms with Gasteiger partial charge in [-0.3, -0.25) is 0 Å². The molecular formula is C20H19Cl2NO. The topological polar surface area (TPSA) is 21.3 Å². The third-order valence-electron chi connectivity index (χ3n) is 4.40. The van der Waals surface area contributed by atoms with Gasteiger partial charge in [-0.2, -0.15) is 0 Å². The average molecular weight is 360 g/mol. The highest BCUT2D eigenvalue weighted by molar-refractivity contribution is 6.30. The molecule has 4 heteroatoms. The molecule has 0 radical (unpaired) electrons. The normalized spacial score (nSPS) is 15.4. The van der Waals surface area contributed by atoms with Gasteiger partial charge in [-0.15, -0.1) is 12.4 Å². The van der Waals surface area contributed by atoms with Crippen LogP contribution in [0.25, 0.3) is 10.8 Å². The zero-order chi connectivity index (χ0) is 15.6. The third-order valence-corrected chi connectivity index (χ3v) is 4.64. The van der Waals surface area contributed by atoms with Crippen LogP contribution in [0.1, 0.15) is 11.7 Å². The average Bonchev–Trinajstić information content (AvgIpc) is 2.52. The molecule has 1 aliphatic heterocycles. The number of ether oxygens (including phenoxy) is 1. The summed E-state index contributed by atoms with van der Waals surface area (Å²) >= 11 is 6.09. The van der Waals surface area contributed by atoms with E-state index < -0.39 is 0 Å². The maximum Gasteiger partial charge on any atom is 0.129 e. The summed E-state index contributed by atoms with van der Waals surface area (Å²) in [5.41, 5.74) is 1.22. The maximum absolute atomic E-state index is 6.31. The van der Waals surface area contributed by atoms with Crippen molar-refractivity contribution in [3.05, 3.63) is 77.3 Å². The van der Waals surface area contributed by atoms with E-state index in [2.05, 4.69) is 47.8 Å². The molecule has 3 aromatic rings. The van der Waals surface area contributed by atoms with Gasteiger partial charge in [-0.25, -0.2) is 0 Å². The standard InChI is InChI=1S/C20H18ClNO.ClH/c21-18-6-3-7-19(11-18)23-20(17-12-22-13-17)16-9-8-14-4-1-2-5-15(14)10-16;/h1-11,17,20,22H,12-13H2;1H. The van der Waals surface area contributed by atoms with Crippen molar-refractivity contribution in [2.24, 2.45) is 5.92 Å². The number of hydrogen-bond acceptors (Lipinski definition) is 2. The number of nitrogens with one attached hydrogen (secondary N) is 1. The highest BCUT2D eigenvalue weighted by atomic mass is 35.5. The summed E-state index contributed by atoms with van der Waals surface area (Å²) in [7, 11) is 0. The van der Waals surface area contributed by atoms with Gasteiger partial charge in [0.25, 0.3) is 0 Å². The van der Waals surface area contributed by atoms with E-state index in [0.29, 0.717) is 10.9 Å². The molecule has 124 valence electrons. The van der Waals surface area contributed by atoms with Gasteiger partial charge in [0.1, 0.15) is 11.9 Å². The Balaban J connectivity index is 0.00000169. The van der Waals surface area contributed by atoms with Crippen LogP contribution in [0.5, 0.6) is 5.75 Å². The minimum absolute atomic E-state index is 0. The van der Waals surface area contributed by atoms with Gasteiger partial charge in [0.05, 0.1) is 0 Å². The lowest BCUT2D eigenvalue weighted by molar-refractivity contribution is 0.0994. The Morgan fingerprint density at radius 2 is 1.71 bits per heavy atom. The highest BCUT2D eigenvalue weighted by Crippen LogP contribution is 2.33. The molecule has 1 aliphatic rings. The first-order valence-corrected chi connectivity index (χ1v) is 8.29. The quantitative estimate of drug-likeness (QED) is 0.686. The first kappa shape index (κ1) is 17.1. The van der Waals surface area contributed by atoms with Crippen molar-refractivity contribution in [3.63, 3.8) is 0 Å². The van der Waals surface area contributed by atoms with Gasteiger partial charge >= 0.3 is 0 Å². The summed E-state index contributed by atoms with van der Waals surface area (Å²) in [6.07, 6.45) is 0.0410. The summed E-state index contributed by atoms with van der Waals surface area (Å²) in [5.74, 6) is 1.30. The molecule has 2 nitrogen and oxygen atoms in total. The second-order valence-electron chi connectivity index (χ2n) is 6.02. The molecule has 0 spiro atoms. The van der Waals surface area contributed by atoms with Crippen molar-refractivity contribution < 1.29 is 4.74 Å². The molecule has 0 aromatic heterocycles. The molecule has 1 atom stereocenters. The molecule has 3 aromatic carbocycles. The Kier molecular flexibility index (Phi) is 5.30. The number of rotatable bonds is 4. The summed E-state index contributed by atoms with van der Waals surface area (Å²) in [6, 6.07) is 22.6. The smallest absolute Gasteiger partial charge is 0.129 e. The van der Waals surface area contributed by atoms with Gasteiger partial charge in [0.2, 0.25) is 0 Å². The maximum atomic E-state index is 6.31. The minimum Gasteiger partial charge on any atom is -0.485 e. The van der Waals surface area contributed by atoms with Crippen LogP contribution in [0.4, 0.5) is 0 Å². The monoisotopic (exact) mass is 359 g/mol. The summed E-state index contributed by atoms with van der Waals surface area (Å²) in [5, 5.41) is 6.54. The zero-order valence-corrected chi connectivity index (χ0v) is 14.7. The number of benzene rings is 3. The molecule has 1 unspecified atom stereocenters. The van der Waals surface area contributed by atoms with Crippen LogP contribution >= 0.6 is 24.0 Å². The Morgan fingerprint density at radius 3 is 2.42 bits per heavy atom. The summed E-state index contributed by atoms with van der Waals surface area (Å²) in [6.45, 7) is 1.97. The van der Waals surface area contributed by atoms with E-state index in [0.717, 1.165) is 18.8 Å². The Morgan fingerprint density at radius 1 is 0.917 bits per heavy atom. The van der Waals surface area contributed by atoms with Crippen LogP contribution in [-0.2, 0) is 0 Å². The first-order valence-electron chi connectivity index (χ1n) is 7.91. The molecule has 1 heterocycles. The van der Waals surface area contributed by atoms with Crippen LogP contribution in [0.2, 0.25) is 5.02 Å². The Bertz CT molecular complexity index is 832. The lowest BCUT2D eigenvalue weighted by Gasteiger charge is -2.35. The van der Waals surface area contributed by atoms with Crippen molar-refractivity contribution in [3.8, 4) is 5.75 Å². The molecule has 0 aliphatic carbocycles. The zero-order valence-electron chi connectivity index (χ0n) is 13.1. The van der Waals surface area contributed by atoms with Gasteiger partial charge in [0.15, 0.2) is 0 Å². The SMILES string of the molecule is Cl.Clc1cccc(OC(c2ccc3ccccc3c2)C2CNC2)c1. The van der Waals surface area contributed by atoms with Gasteiger partial charge < -0.3 is 10.1 Å². The van der Waals surface area contributed by atoms with Crippen molar-refractivity contribution in [2.75, 3.05) is 13.1 Å². The molecule has 1 saturated heterocycles. The summed E-state index contributed by atoms with van der Waals surface area (Å²) in [4.78, 5) is 0. The fourth-order valence-electron chi connectivity index (χ4n) is 3.03. The van der Waals surface area contributed by atoms with Gasteiger partial charge in [-0.1, -0.05) is 54.1 Å². The van der Waals surface area contributed by atoms with Crippen molar-refractivity contribution >= 4 is 34.8 Å². The molecule has 0 saturated carbocycles. The van der Waals surface area contributed by atoms with Crippen molar-refractivity contribution in [1.29, 1.82) is 0 Å². The predicted molar refractivity (Wildman–Crippen MR) is 102 cm³/mol. The molecule has 1 N–H and O–H groups in total. The van der Waals surface area contributed by atoms with Crippen LogP contribution in [0, 0.1) is 5.92 Å². The van der Waals surface area contributed by atoms with Crippen molar-refractivity contribution in [2.45, 2.75) is 6.10 Å². The fraction of sp³-hybridized carbons (Fsp3) is 0.200. The first-order chi connectivity index (χ1) is 11.3. The number of halogens is 2. The summed E-state index contributed by atoms with van der Waals surface area (Å²) < 4.78 is 6.31. The Labute approximate surface area is 153 Å². The van der Waals surface area contributed by atoms with Gasteiger partial charge in [-0.05, 0) is 40.6 Å². The molecule has 0 amide bonds. The lowest BCUT2D eigenvalue weighted by Crippen LogP contribution is -2.46. The molecule has 0 bridgehead atoms. The molecule has 24 heavy (non-hydrogen) atoms.